The molecular weight excluding hydrogens is 481 g/mol. The Morgan fingerprint density at radius 1 is 1.20 bits per heavy atom. The molecule has 0 aliphatic rings. The number of rotatable bonds is 12. The van der Waals surface area contributed by atoms with Gasteiger partial charge in [-0.2, -0.15) is 13.8 Å². The quantitative estimate of drug-likeness (QED) is 0.134. The number of nitrogens with zero attached hydrogens (tertiary/aromatic N) is 3. The van der Waals surface area contributed by atoms with Crippen molar-refractivity contribution in [3.63, 3.8) is 0 Å². The van der Waals surface area contributed by atoms with E-state index in [2.05, 4.69) is 27.8 Å². The van der Waals surface area contributed by atoms with Crippen LogP contribution in [0.4, 0.5) is 24.7 Å². The molecule has 0 amide bonds. The summed E-state index contributed by atoms with van der Waals surface area (Å²) in [5.74, 6) is -4.15. The monoisotopic (exact) mass is 504 g/mol. The Kier molecular flexibility index (Phi) is 8.74. The number of halogens is 3. The molecule has 1 heterocycles. The van der Waals surface area contributed by atoms with Gasteiger partial charge in [0.1, 0.15) is 13.3 Å². The van der Waals surface area contributed by atoms with Gasteiger partial charge in [0.05, 0.1) is 16.8 Å². The molecule has 1 aromatic heterocycles. The van der Waals surface area contributed by atoms with Crippen LogP contribution in [0, 0.1) is 5.82 Å². The third-order valence-corrected chi connectivity index (χ3v) is 5.61. The Balaban J connectivity index is 1.76. The molecule has 0 spiro atoms. The Hall–Kier alpha value is -3.54. The van der Waals surface area contributed by atoms with Crippen LogP contribution >= 0.6 is 11.9 Å². The molecule has 0 bridgehead atoms. The van der Waals surface area contributed by atoms with Gasteiger partial charge in [-0.3, -0.25) is 5.21 Å². The molecule has 0 aliphatic heterocycles. The fraction of sp³-hybridized carbons (Fsp3) is 0.167. The minimum atomic E-state index is -3.25. The number of benzene rings is 2. The molecular formula is C24H23F3N4O3S. The van der Waals surface area contributed by atoms with Crippen molar-refractivity contribution >= 4 is 29.5 Å². The molecule has 0 saturated heterocycles. The lowest BCUT2D eigenvalue weighted by Gasteiger charge is -2.19. The van der Waals surface area contributed by atoms with Gasteiger partial charge >= 0.3 is 6.01 Å². The van der Waals surface area contributed by atoms with E-state index in [1.807, 2.05) is 0 Å². The normalized spacial score (nSPS) is 11.1. The van der Waals surface area contributed by atoms with Crippen LogP contribution in [0.3, 0.4) is 0 Å². The standard InChI is InChI=1S/C24H23F3N4O3S/c1-4-17-16(9-8-10-18(17)24(26,27)5-2)14-34-23-28-13-19(25)22(29-23)30-35-21-12-7-6-11-20(21)31(32)15-33-3/h4-13,32H,1-2,14-15H2,3H3,(H,28,29,30). The van der Waals surface area contributed by atoms with Gasteiger partial charge in [0.15, 0.2) is 11.6 Å². The Morgan fingerprint density at radius 2 is 1.97 bits per heavy atom. The zero-order chi connectivity index (χ0) is 25.4. The summed E-state index contributed by atoms with van der Waals surface area (Å²) in [6, 6.07) is 11.1. The van der Waals surface area contributed by atoms with Crippen molar-refractivity contribution in [2.24, 2.45) is 0 Å². The number of alkyl halides is 2. The minimum Gasteiger partial charge on any atom is -0.459 e. The predicted molar refractivity (Wildman–Crippen MR) is 129 cm³/mol. The van der Waals surface area contributed by atoms with Crippen molar-refractivity contribution < 1.29 is 27.9 Å². The second-order valence-electron chi connectivity index (χ2n) is 7.04. The molecule has 7 nitrogen and oxygen atoms in total. The molecule has 2 aromatic carbocycles. The van der Waals surface area contributed by atoms with Gasteiger partial charge in [-0.1, -0.05) is 49.6 Å². The van der Waals surface area contributed by atoms with Crippen LogP contribution in [0.25, 0.3) is 6.08 Å². The first-order chi connectivity index (χ1) is 16.8. The highest BCUT2D eigenvalue weighted by molar-refractivity contribution is 8.00. The van der Waals surface area contributed by atoms with Crippen LogP contribution in [0.15, 0.2) is 72.8 Å². The van der Waals surface area contributed by atoms with Crippen LogP contribution in [0.2, 0.25) is 0 Å². The average Bonchev–Trinajstić information content (AvgIpc) is 2.87. The number of methoxy groups -OCH3 is 1. The molecule has 35 heavy (non-hydrogen) atoms. The first-order valence-corrected chi connectivity index (χ1v) is 11.0. The molecule has 11 heteroatoms. The van der Waals surface area contributed by atoms with E-state index in [0.29, 0.717) is 22.2 Å². The molecule has 0 atom stereocenters. The average molecular weight is 505 g/mol. The number of hydrogen-bond donors (Lipinski definition) is 2. The summed E-state index contributed by atoms with van der Waals surface area (Å²) in [5, 5.41) is 11.0. The van der Waals surface area contributed by atoms with E-state index in [1.165, 1.54) is 25.3 Å². The third-order valence-electron chi connectivity index (χ3n) is 4.75. The summed E-state index contributed by atoms with van der Waals surface area (Å²) in [4.78, 5) is 8.41. The predicted octanol–water partition coefficient (Wildman–Crippen LogP) is 6.03. The van der Waals surface area contributed by atoms with Crippen LogP contribution in [0.5, 0.6) is 6.01 Å². The summed E-state index contributed by atoms with van der Waals surface area (Å²) in [6.07, 6.45) is 2.80. The lowest BCUT2D eigenvalue weighted by atomic mass is 9.97. The van der Waals surface area contributed by atoms with Crippen LogP contribution < -0.4 is 14.5 Å². The summed E-state index contributed by atoms with van der Waals surface area (Å²) >= 11 is 1.01. The number of anilines is 2. The molecule has 0 saturated carbocycles. The first kappa shape index (κ1) is 26.1. The fourth-order valence-electron chi connectivity index (χ4n) is 3.07. The van der Waals surface area contributed by atoms with Crippen molar-refractivity contribution in [3.05, 3.63) is 90.4 Å². The van der Waals surface area contributed by atoms with Crippen molar-refractivity contribution in [1.82, 2.24) is 9.97 Å². The number of aromatic nitrogens is 2. The van der Waals surface area contributed by atoms with E-state index in [9.17, 15) is 18.4 Å². The molecule has 0 radical (unpaired) electrons. The maximum absolute atomic E-state index is 14.3. The molecule has 0 fully saturated rings. The topological polar surface area (TPSA) is 79.7 Å². The lowest BCUT2D eigenvalue weighted by molar-refractivity contribution is 0.0521. The van der Waals surface area contributed by atoms with Gasteiger partial charge in [0.2, 0.25) is 0 Å². The van der Waals surface area contributed by atoms with E-state index in [-0.39, 0.29) is 36.3 Å². The highest BCUT2D eigenvalue weighted by Crippen LogP contribution is 2.34. The molecule has 0 aliphatic carbocycles. The number of hydrogen-bond acceptors (Lipinski definition) is 8. The highest BCUT2D eigenvalue weighted by atomic mass is 32.2. The van der Waals surface area contributed by atoms with Gasteiger partial charge in [-0.25, -0.2) is 14.4 Å². The van der Waals surface area contributed by atoms with E-state index in [1.54, 1.807) is 30.3 Å². The van der Waals surface area contributed by atoms with Crippen molar-refractivity contribution in [1.29, 1.82) is 0 Å². The number of hydroxylamine groups is 1. The van der Waals surface area contributed by atoms with Crippen LogP contribution in [-0.2, 0) is 17.3 Å². The maximum atomic E-state index is 14.3. The molecule has 3 aromatic rings. The van der Waals surface area contributed by atoms with E-state index >= 15 is 0 Å². The van der Waals surface area contributed by atoms with Crippen molar-refractivity contribution in [2.45, 2.75) is 17.4 Å². The summed E-state index contributed by atoms with van der Waals surface area (Å²) in [7, 11) is 1.44. The second kappa shape index (κ2) is 11.7. The maximum Gasteiger partial charge on any atom is 0.318 e. The fourth-order valence-corrected chi connectivity index (χ4v) is 3.84. The van der Waals surface area contributed by atoms with E-state index in [4.69, 9.17) is 9.47 Å². The molecule has 184 valence electrons. The minimum absolute atomic E-state index is 0.0654. The summed E-state index contributed by atoms with van der Waals surface area (Å²) in [6.45, 7) is 6.59. The Bertz CT molecular complexity index is 1200. The van der Waals surface area contributed by atoms with Gasteiger partial charge in [-0.15, -0.1) is 0 Å². The summed E-state index contributed by atoms with van der Waals surface area (Å²) < 4.78 is 56.0. The lowest BCUT2D eigenvalue weighted by Crippen LogP contribution is -2.21. The smallest absolute Gasteiger partial charge is 0.318 e. The zero-order valence-corrected chi connectivity index (χ0v) is 19.6. The van der Waals surface area contributed by atoms with Crippen molar-refractivity contribution in [3.8, 4) is 6.01 Å². The van der Waals surface area contributed by atoms with Gasteiger partial charge < -0.3 is 14.2 Å². The first-order valence-electron chi connectivity index (χ1n) is 10.2. The van der Waals surface area contributed by atoms with Gasteiger partial charge in [-0.05, 0) is 41.3 Å². The van der Waals surface area contributed by atoms with E-state index in [0.717, 1.165) is 23.2 Å². The van der Waals surface area contributed by atoms with Crippen LogP contribution in [-0.4, -0.2) is 29.0 Å². The number of nitrogens with one attached hydrogen (secondary N) is 1. The zero-order valence-electron chi connectivity index (χ0n) is 18.7. The second-order valence-corrected chi connectivity index (χ2v) is 7.88. The van der Waals surface area contributed by atoms with Crippen LogP contribution in [0.1, 0.15) is 16.7 Å². The Morgan fingerprint density at radius 3 is 2.69 bits per heavy atom. The molecule has 3 rings (SSSR count). The summed E-state index contributed by atoms with van der Waals surface area (Å²) in [5.41, 5.74) is 0.805. The van der Waals surface area contributed by atoms with Crippen molar-refractivity contribution in [2.75, 3.05) is 23.6 Å². The Labute approximate surface area is 205 Å². The van der Waals surface area contributed by atoms with E-state index < -0.39 is 11.7 Å². The SMILES string of the molecule is C=Cc1c(COc2ncc(F)c(NSc3ccccc3N(O)COC)n2)cccc1C(F)(F)C=C. The molecule has 2 N–H and O–H groups in total. The third kappa shape index (κ3) is 6.32. The highest BCUT2D eigenvalue weighted by Gasteiger charge is 2.30. The molecule has 0 unspecified atom stereocenters. The van der Waals surface area contributed by atoms with Gasteiger partial charge in [0.25, 0.3) is 5.92 Å². The number of para-hydroxylation sites is 1. The van der Waals surface area contributed by atoms with Gasteiger partial charge in [0, 0.05) is 12.7 Å². The number of ether oxygens (including phenoxy) is 2. The largest absolute Gasteiger partial charge is 0.459 e. The number of allylic oxidation sites excluding steroid dienone is 1.